The van der Waals surface area contributed by atoms with E-state index in [-0.39, 0.29) is 5.41 Å². The molecule has 31 heavy (non-hydrogen) atoms. The molecule has 3 fully saturated rings. The summed E-state index contributed by atoms with van der Waals surface area (Å²) in [7, 11) is 0. The number of hydrogen-bond acceptors (Lipinski definition) is 2. The predicted molar refractivity (Wildman–Crippen MR) is 132 cm³/mol. The molecule has 2 nitrogen and oxygen atoms in total. The molecule has 3 saturated carbocycles. The van der Waals surface area contributed by atoms with E-state index < -0.39 is 11.7 Å². The summed E-state index contributed by atoms with van der Waals surface area (Å²) in [4.78, 5) is 0. The first-order valence-electron chi connectivity index (χ1n) is 12.8. The third-order valence-corrected chi connectivity index (χ3v) is 8.90. The number of rotatable bonds is 6. The molecule has 0 aromatic heterocycles. The fraction of sp³-hybridized carbons (Fsp3) is 0.793. The van der Waals surface area contributed by atoms with Gasteiger partial charge < -0.3 is 10.2 Å². The van der Waals surface area contributed by atoms with Gasteiger partial charge in [0.2, 0.25) is 0 Å². The van der Waals surface area contributed by atoms with E-state index in [1.54, 1.807) is 5.57 Å². The Morgan fingerprint density at radius 1 is 1.19 bits per heavy atom. The largest absolute Gasteiger partial charge is 0.390 e. The quantitative estimate of drug-likeness (QED) is 0.463. The van der Waals surface area contributed by atoms with E-state index in [9.17, 15) is 10.2 Å². The van der Waals surface area contributed by atoms with Crippen LogP contribution in [-0.4, -0.2) is 21.9 Å². The lowest BCUT2D eigenvalue weighted by Crippen LogP contribution is -2.36. The second-order valence-electron chi connectivity index (χ2n) is 12.8. The van der Waals surface area contributed by atoms with Gasteiger partial charge in [-0.1, -0.05) is 64.8 Å². The zero-order chi connectivity index (χ0) is 23.0. The van der Waals surface area contributed by atoms with Crippen molar-refractivity contribution in [1.82, 2.24) is 0 Å². The number of aliphatic hydroxyl groups is 2. The zero-order valence-corrected chi connectivity index (χ0v) is 21.1. The van der Waals surface area contributed by atoms with Crippen molar-refractivity contribution in [2.45, 2.75) is 117 Å². The number of hydrogen-bond donors (Lipinski definition) is 2. The van der Waals surface area contributed by atoms with Crippen molar-refractivity contribution < 1.29 is 10.2 Å². The minimum atomic E-state index is -0.540. The van der Waals surface area contributed by atoms with Gasteiger partial charge in [-0.2, -0.15) is 0 Å². The third-order valence-electron chi connectivity index (χ3n) is 8.90. The van der Waals surface area contributed by atoms with E-state index >= 15 is 0 Å². The molecule has 2 heteroatoms. The van der Waals surface area contributed by atoms with Gasteiger partial charge in [-0.25, -0.2) is 0 Å². The Balaban J connectivity index is 1.72. The fourth-order valence-corrected chi connectivity index (χ4v) is 7.21. The molecule has 0 amide bonds. The highest BCUT2D eigenvalue weighted by atomic mass is 16.3. The molecule has 3 aliphatic carbocycles. The van der Waals surface area contributed by atoms with E-state index in [0.29, 0.717) is 11.3 Å². The lowest BCUT2D eigenvalue weighted by molar-refractivity contribution is 0.0596. The van der Waals surface area contributed by atoms with Crippen LogP contribution >= 0.6 is 0 Å². The Morgan fingerprint density at radius 2 is 1.90 bits per heavy atom. The van der Waals surface area contributed by atoms with E-state index in [2.05, 4.69) is 46.4 Å². The molecule has 176 valence electrons. The lowest BCUT2D eigenvalue weighted by atomic mass is 9.60. The van der Waals surface area contributed by atoms with Crippen LogP contribution in [0.25, 0.3) is 0 Å². The molecule has 0 aromatic rings. The molecule has 0 aromatic carbocycles. The molecular formula is C29H48O2. The second-order valence-corrected chi connectivity index (χ2v) is 12.8. The van der Waals surface area contributed by atoms with Gasteiger partial charge >= 0.3 is 0 Å². The Kier molecular flexibility index (Phi) is 7.34. The molecule has 0 bridgehead atoms. The van der Waals surface area contributed by atoms with Crippen LogP contribution in [0.15, 0.2) is 35.5 Å². The normalized spacial score (nSPS) is 37.3. The van der Waals surface area contributed by atoms with Crippen molar-refractivity contribution in [1.29, 1.82) is 0 Å². The molecule has 2 N–H and O–H groups in total. The number of allylic oxidation sites excluding steroid dienone is 3. The minimum absolute atomic E-state index is 0.142. The van der Waals surface area contributed by atoms with Crippen molar-refractivity contribution in [3.05, 3.63) is 35.5 Å². The Bertz CT molecular complexity index is 720. The molecule has 3 aliphatic rings. The molecule has 0 aliphatic heterocycles. The van der Waals surface area contributed by atoms with Gasteiger partial charge in [-0.15, -0.1) is 0 Å². The molecule has 0 spiro atoms. The van der Waals surface area contributed by atoms with Gasteiger partial charge in [0.05, 0.1) is 11.7 Å². The number of aliphatic hydroxyl groups excluding tert-OH is 1. The van der Waals surface area contributed by atoms with Crippen molar-refractivity contribution in [2.75, 3.05) is 0 Å². The number of fused-ring (bicyclic) bond motifs is 1. The van der Waals surface area contributed by atoms with E-state index in [4.69, 9.17) is 0 Å². The van der Waals surface area contributed by atoms with Crippen molar-refractivity contribution in [2.24, 2.45) is 28.6 Å². The average molecular weight is 429 g/mol. The van der Waals surface area contributed by atoms with Crippen molar-refractivity contribution in [3.63, 3.8) is 0 Å². The van der Waals surface area contributed by atoms with E-state index in [1.165, 1.54) is 44.1 Å². The molecule has 5 atom stereocenters. The summed E-state index contributed by atoms with van der Waals surface area (Å²) in [5.74, 6) is 2.22. The van der Waals surface area contributed by atoms with Gasteiger partial charge in [0.15, 0.2) is 0 Å². The van der Waals surface area contributed by atoms with Crippen molar-refractivity contribution in [3.8, 4) is 0 Å². The van der Waals surface area contributed by atoms with Crippen molar-refractivity contribution >= 4 is 0 Å². The summed E-state index contributed by atoms with van der Waals surface area (Å²) in [6.45, 7) is 17.6. The van der Waals surface area contributed by atoms with Gasteiger partial charge in [0, 0.05) is 0 Å². The monoisotopic (exact) mass is 428 g/mol. The SMILES string of the molecule is C=C1/C(=C\C=C2/CCC[C@@]3(C)C2CCC3[C@@H](C)CCCC(C)(C)O)CC(C)(C)C[C@H]1O. The second kappa shape index (κ2) is 9.18. The zero-order valence-electron chi connectivity index (χ0n) is 21.1. The smallest absolute Gasteiger partial charge is 0.0792 e. The molecule has 3 rings (SSSR count). The van der Waals surface area contributed by atoms with Crippen LogP contribution in [0.4, 0.5) is 0 Å². The van der Waals surface area contributed by atoms with Gasteiger partial charge in [-0.05, 0) is 105 Å². The first-order chi connectivity index (χ1) is 14.3. The summed E-state index contributed by atoms with van der Waals surface area (Å²) in [5, 5.41) is 20.5. The Morgan fingerprint density at radius 3 is 2.58 bits per heavy atom. The maximum Gasteiger partial charge on any atom is 0.0792 e. The van der Waals surface area contributed by atoms with Crippen LogP contribution in [0.2, 0.25) is 0 Å². The topological polar surface area (TPSA) is 40.5 Å². The van der Waals surface area contributed by atoms with Crippen LogP contribution in [0.3, 0.4) is 0 Å². The summed E-state index contributed by atoms with van der Waals surface area (Å²) >= 11 is 0. The average Bonchev–Trinajstić information content (AvgIpc) is 2.99. The van der Waals surface area contributed by atoms with Crippen LogP contribution in [0, 0.1) is 28.6 Å². The molecule has 0 saturated heterocycles. The highest BCUT2D eigenvalue weighted by molar-refractivity contribution is 5.39. The van der Waals surface area contributed by atoms with E-state index in [1.807, 2.05) is 13.8 Å². The first kappa shape index (κ1) is 24.8. The maximum atomic E-state index is 10.5. The van der Waals surface area contributed by atoms with Crippen LogP contribution in [0.1, 0.15) is 106 Å². The van der Waals surface area contributed by atoms with Crippen LogP contribution in [-0.2, 0) is 0 Å². The highest BCUT2D eigenvalue weighted by Gasteiger charge is 2.50. The van der Waals surface area contributed by atoms with Gasteiger partial charge in [0.1, 0.15) is 0 Å². The lowest BCUT2D eigenvalue weighted by Gasteiger charge is -2.44. The highest BCUT2D eigenvalue weighted by Crippen LogP contribution is 2.60. The summed E-state index contributed by atoms with van der Waals surface area (Å²) in [6.07, 6.45) is 15.9. The van der Waals surface area contributed by atoms with Crippen LogP contribution in [0.5, 0.6) is 0 Å². The minimum Gasteiger partial charge on any atom is -0.390 e. The van der Waals surface area contributed by atoms with Gasteiger partial charge in [-0.3, -0.25) is 0 Å². The van der Waals surface area contributed by atoms with Crippen LogP contribution < -0.4 is 0 Å². The maximum absolute atomic E-state index is 10.5. The predicted octanol–water partition coefficient (Wildman–Crippen LogP) is 7.37. The van der Waals surface area contributed by atoms with E-state index in [0.717, 1.165) is 43.1 Å². The van der Waals surface area contributed by atoms with Gasteiger partial charge in [0.25, 0.3) is 0 Å². The third kappa shape index (κ3) is 5.74. The molecule has 0 radical (unpaired) electrons. The Hall–Kier alpha value is -0.860. The summed E-state index contributed by atoms with van der Waals surface area (Å²) in [5.41, 5.74) is 3.83. The Labute approximate surface area is 191 Å². The molecule has 0 heterocycles. The summed E-state index contributed by atoms with van der Waals surface area (Å²) in [6, 6.07) is 0. The fourth-order valence-electron chi connectivity index (χ4n) is 7.21. The first-order valence-corrected chi connectivity index (χ1v) is 12.8. The molecule has 2 unspecified atom stereocenters. The standard InChI is InChI=1S/C29H48O2/c1-20(10-8-16-28(5,6)31)24-14-15-25-22(11-9-17-29(24,25)7)12-13-23-18-27(3,4)19-26(30)21(23)2/h12-13,20,24-26,30-31H,2,8-11,14-19H2,1,3-7H3/b22-12+,23-13-/t20-,24?,25?,26+,29+/m0/s1. The summed E-state index contributed by atoms with van der Waals surface area (Å²) < 4.78 is 0. The molecular weight excluding hydrogens is 380 g/mol.